The molecular weight excluding hydrogens is 436 g/mol. The van der Waals surface area contributed by atoms with Crippen LogP contribution in [0.15, 0.2) is 53.4 Å². The molecule has 0 spiro atoms. The minimum atomic E-state index is -4.02. The monoisotopic (exact) mass is 464 g/mol. The van der Waals surface area contributed by atoms with Gasteiger partial charge in [0.15, 0.2) is 0 Å². The topological polar surface area (TPSA) is 75.7 Å². The van der Waals surface area contributed by atoms with Crippen LogP contribution in [0.3, 0.4) is 0 Å². The summed E-state index contributed by atoms with van der Waals surface area (Å²) in [5, 5.41) is 3.40. The summed E-state index contributed by atoms with van der Waals surface area (Å²) in [7, 11) is -2.57. The number of carbonyl (C=O) groups is 1. The molecule has 1 aliphatic carbocycles. The Labute approximate surface area is 189 Å². The molecule has 2 aromatic rings. The first-order valence-electron chi connectivity index (χ1n) is 10.6. The van der Waals surface area contributed by atoms with E-state index in [1.54, 1.807) is 30.3 Å². The molecule has 2 aromatic carbocycles. The Morgan fingerprint density at radius 2 is 1.71 bits per heavy atom. The van der Waals surface area contributed by atoms with Gasteiger partial charge in [-0.1, -0.05) is 61.9 Å². The smallest absolute Gasteiger partial charge is 0.264 e. The molecule has 31 heavy (non-hydrogen) atoms. The normalized spacial score (nSPS) is 15.5. The molecule has 1 amide bonds. The largest absolute Gasteiger partial charge is 0.495 e. The van der Waals surface area contributed by atoms with Crippen molar-refractivity contribution >= 4 is 33.2 Å². The van der Waals surface area contributed by atoms with Gasteiger partial charge in [-0.25, -0.2) is 8.42 Å². The fourth-order valence-corrected chi connectivity index (χ4v) is 5.49. The van der Waals surface area contributed by atoms with Crippen molar-refractivity contribution in [3.63, 3.8) is 0 Å². The van der Waals surface area contributed by atoms with E-state index in [1.807, 2.05) is 0 Å². The number of sulfonamides is 1. The van der Waals surface area contributed by atoms with Gasteiger partial charge in [-0.2, -0.15) is 0 Å². The van der Waals surface area contributed by atoms with E-state index in [4.69, 9.17) is 16.3 Å². The number of nitrogens with one attached hydrogen (secondary N) is 1. The molecule has 168 valence electrons. The third kappa shape index (κ3) is 6.14. The number of carbonyl (C=O) groups excluding carboxylic acids is 1. The van der Waals surface area contributed by atoms with Gasteiger partial charge >= 0.3 is 0 Å². The molecule has 1 fully saturated rings. The van der Waals surface area contributed by atoms with Crippen LogP contribution in [-0.2, 0) is 14.8 Å². The molecule has 0 saturated heterocycles. The molecule has 3 rings (SSSR count). The van der Waals surface area contributed by atoms with Crippen molar-refractivity contribution in [2.75, 3.05) is 18.0 Å². The van der Waals surface area contributed by atoms with E-state index < -0.39 is 10.0 Å². The molecule has 1 saturated carbocycles. The highest BCUT2D eigenvalue weighted by molar-refractivity contribution is 7.92. The van der Waals surface area contributed by atoms with Crippen molar-refractivity contribution in [1.82, 2.24) is 5.32 Å². The number of ether oxygens (including phenoxy) is 1. The third-order valence-electron chi connectivity index (χ3n) is 5.50. The second-order valence-electron chi connectivity index (χ2n) is 7.75. The lowest BCUT2D eigenvalue weighted by atomic mass is 9.97. The lowest BCUT2D eigenvalue weighted by Gasteiger charge is -2.27. The molecule has 0 unspecified atom stereocenters. The zero-order chi connectivity index (χ0) is 22.3. The van der Waals surface area contributed by atoms with Crippen molar-refractivity contribution in [2.45, 2.75) is 55.9 Å². The summed E-state index contributed by atoms with van der Waals surface area (Å²) in [6.45, 7) is -0.357. The lowest BCUT2D eigenvalue weighted by Crippen LogP contribution is -2.44. The second-order valence-corrected chi connectivity index (χ2v) is 10.0. The maximum atomic E-state index is 13.5. The first-order chi connectivity index (χ1) is 14.9. The Morgan fingerprint density at radius 3 is 2.35 bits per heavy atom. The molecule has 0 radical (unpaired) electrons. The van der Waals surface area contributed by atoms with Crippen molar-refractivity contribution < 1.29 is 17.9 Å². The van der Waals surface area contributed by atoms with E-state index in [-0.39, 0.29) is 29.1 Å². The molecule has 8 heteroatoms. The highest BCUT2D eigenvalue weighted by Crippen LogP contribution is 2.34. The Kier molecular flexibility index (Phi) is 8.21. The quantitative estimate of drug-likeness (QED) is 0.640. The molecular formula is C23H29ClN2O4S. The Balaban J connectivity index is 1.91. The first kappa shape index (κ1) is 23.4. The fourth-order valence-electron chi connectivity index (χ4n) is 3.88. The van der Waals surface area contributed by atoms with E-state index in [0.717, 1.165) is 30.0 Å². The summed E-state index contributed by atoms with van der Waals surface area (Å²) in [6.07, 6.45) is 7.53. The average Bonchev–Trinajstić information content (AvgIpc) is 2.74. The van der Waals surface area contributed by atoms with Gasteiger partial charge in [0.1, 0.15) is 12.3 Å². The summed E-state index contributed by atoms with van der Waals surface area (Å²) in [5.41, 5.74) is 0.228. The Hall–Kier alpha value is -2.25. The van der Waals surface area contributed by atoms with Crippen LogP contribution in [0, 0.1) is 0 Å². The molecule has 0 atom stereocenters. The van der Waals surface area contributed by atoms with Crippen molar-refractivity contribution in [3.05, 3.63) is 53.6 Å². The molecule has 0 heterocycles. The van der Waals surface area contributed by atoms with Crippen LogP contribution >= 0.6 is 11.6 Å². The summed E-state index contributed by atoms with van der Waals surface area (Å²) in [6, 6.07) is 12.8. The van der Waals surface area contributed by atoms with Crippen molar-refractivity contribution in [1.29, 1.82) is 0 Å². The van der Waals surface area contributed by atoms with Gasteiger partial charge in [-0.15, -0.1) is 0 Å². The number of anilines is 1. The summed E-state index contributed by atoms with van der Waals surface area (Å²) in [4.78, 5) is 13.1. The summed E-state index contributed by atoms with van der Waals surface area (Å²) < 4.78 is 33.4. The second kappa shape index (κ2) is 10.9. The zero-order valence-electron chi connectivity index (χ0n) is 17.7. The number of nitrogens with zero attached hydrogens (tertiary/aromatic N) is 1. The Morgan fingerprint density at radius 1 is 1.06 bits per heavy atom. The number of methoxy groups -OCH3 is 1. The molecule has 0 bridgehead atoms. The van der Waals surface area contributed by atoms with Crippen LogP contribution in [0.25, 0.3) is 0 Å². The molecule has 6 nitrogen and oxygen atoms in total. The number of hydrogen-bond donors (Lipinski definition) is 1. The van der Waals surface area contributed by atoms with Gasteiger partial charge in [0.25, 0.3) is 10.0 Å². The van der Waals surface area contributed by atoms with Crippen LogP contribution in [0.4, 0.5) is 5.69 Å². The number of benzene rings is 2. The Bertz CT molecular complexity index is 974. The van der Waals surface area contributed by atoms with Gasteiger partial charge in [-0.05, 0) is 43.2 Å². The highest BCUT2D eigenvalue weighted by atomic mass is 35.5. The predicted molar refractivity (Wildman–Crippen MR) is 123 cm³/mol. The van der Waals surface area contributed by atoms with Gasteiger partial charge in [0.05, 0.1) is 17.7 Å². The van der Waals surface area contributed by atoms with E-state index >= 15 is 0 Å². The lowest BCUT2D eigenvalue weighted by molar-refractivity contribution is -0.120. The minimum absolute atomic E-state index is 0.0651. The van der Waals surface area contributed by atoms with E-state index in [9.17, 15) is 13.2 Å². The number of hydrogen-bond acceptors (Lipinski definition) is 4. The number of rotatable bonds is 7. The number of halogens is 1. The van der Waals surface area contributed by atoms with Crippen LogP contribution in [-0.4, -0.2) is 34.0 Å². The van der Waals surface area contributed by atoms with E-state index in [1.165, 1.54) is 44.6 Å². The molecule has 0 aliphatic heterocycles. The minimum Gasteiger partial charge on any atom is -0.495 e. The van der Waals surface area contributed by atoms with Crippen molar-refractivity contribution in [3.8, 4) is 5.75 Å². The van der Waals surface area contributed by atoms with Crippen LogP contribution in [0.2, 0.25) is 5.02 Å². The molecule has 0 aromatic heterocycles. The van der Waals surface area contributed by atoms with Crippen LogP contribution in [0.1, 0.15) is 44.9 Å². The highest BCUT2D eigenvalue weighted by Gasteiger charge is 2.30. The zero-order valence-corrected chi connectivity index (χ0v) is 19.3. The van der Waals surface area contributed by atoms with Gasteiger partial charge in [-0.3, -0.25) is 9.10 Å². The third-order valence-corrected chi connectivity index (χ3v) is 7.51. The average molecular weight is 465 g/mol. The van der Waals surface area contributed by atoms with E-state index in [0.29, 0.717) is 10.8 Å². The summed E-state index contributed by atoms with van der Waals surface area (Å²) >= 11 is 6.16. The van der Waals surface area contributed by atoms with Crippen molar-refractivity contribution in [2.24, 2.45) is 0 Å². The molecule has 1 N–H and O–H groups in total. The van der Waals surface area contributed by atoms with Crippen LogP contribution in [0.5, 0.6) is 5.75 Å². The maximum absolute atomic E-state index is 13.5. The first-order valence-corrected chi connectivity index (χ1v) is 12.4. The van der Waals surface area contributed by atoms with Crippen LogP contribution < -0.4 is 14.4 Å². The van der Waals surface area contributed by atoms with Gasteiger partial charge in [0, 0.05) is 11.1 Å². The van der Waals surface area contributed by atoms with Gasteiger partial charge < -0.3 is 10.1 Å². The standard InChI is InChI=1S/C23H29ClN2O4S/c1-30-22-15-14-18(24)16-21(22)26(31(28,29)20-12-8-5-9-13-20)17-23(27)25-19-10-6-3-2-4-7-11-19/h5,8-9,12-16,19H,2-4,6-7,10-11,17H2,1H3,(H,25,27). The molecule has 1 aliphatic rings. The van der Waals surface area contributed by atoms with Gasteiger partial charge in [0.2, 0.25) is 5.91 Å². The SMILES string of the molecule is COc1ccc(Cl)cc1N(CC(=O)NC1CCCCCCC1)S(=O)(=O)c1ccccc1. The summed E-state index contributed by atoms with van der Waals surface area (Å²) in [5.74, 6) is -0.0187. The van der Waals surface area contributed by atoms with E-state index in [2.05, 4.69) is 5.32 Å². The predicted octanol–water partition coefficient (Wildman–Crippen LogP) is 4.77. The number of amides is 1. The maximum Gasteiger partial charge on any atom is 0.264 e. The fraction of sp³-hybridized carbons (Fsp3) is 0.435.